The Morgan fingerprint density at radius 3 is 2.63 bits per heavy atom. The molecular formula is C16H22O3. The molecule has 1 aromatic carbocycles. The Kier molecular flexibility index (Phi) is 4.38. The largest absolute Gasteiger partial charge is 0.381 e. The van der Waals surface area contributed by atoms with Crippen LogP contribution >= 0.6 is 0 Å². The third-order valence-electron chi connectivity index (χ3n) is 3.98. The molecule has 1 aliphatic heterocycles. The van der Waals surface area contributed by atoms with Gasteiger partial charge in [0.05, 0.1) is 0 Å². The summed E-state index contributed by atoms with van der Waals surface area (Å²) in [6.45, 7) is 7.71. The highest BCUT2D eigenvalue weighted by atomic mass is 16.5. The molecule has 0 aromatic heterocycles. The van der Waals surface area contributed by atoms with Gasteiger partial charge in [0.25, 0.3) is 0 Å². The second-order valence-electron chi connectivity index (χ2n) is 5.12. The highest BCUT2D eigenvalue weighted by molar-refractivity contribution is 6.04. The molecule has 0 aliphatic carbocycles. The zero-order chi connectivity index (χ0) is 13.9. The molecule has 1 aromatic rings. The van der Waals surface area contributed by atoms with Gasteiger partial charge in [-0.2, -0.15) is 0 Å². The van der Waals surface area contributed by atoms with E-state index >= 15 is 0 Å². The minimum Gasteiger partial charge on any atom is -0.381 e. The zero-order valence-electron chi connectivity index (χ0n) is 12.0. The Labute approximate surface area is 114 Å². The molecule has 0 spiro atoms. The smallest absolute Gasteiger partial charge is 0.195 e. The minimum absolute atomic E-state index is 0.110. The van der Waals surface area contributed by atoms with Crippen molar-refractivity contribution in [3.63, 3.8) is 0 Å². The standard InChI is InChI=1S/C16H22O3/c1-4-19-16(8-10-18-11-9-16)15(17)14-7-5-6-12(2)13(14)3/h5-7H,4,8-11H2,1-3H3. The molecule has 0 amide bonds. The fraction of sp³-hybridized carbons (Fsp3) is 0.562. The van der Waals surface area contributed by atoms with Gasteiger partial charge in [-0.15, -0.1) is 0 Å². The Bertz CT molecular complexity index is 454. The van der Waals surface area contributed by atoms with Gasteiger partial charge in [0, 0.05) is 38.2 Å². The number of benzene rings is 1. The lowest BCUT2D eigenvalue weighted by Gasteiger charge is -2.35. The first kappa shape index (κ1) is 14.2. The van der Waals surface area contributed by atoms with E-state index in [1.165, 1.54) is 0 Å². The lowest BCUT2D eigenvalue weighted by Crippen LogP contribution is -2.46. The molecule has 1 fully saturated rings. The van der Waals surface area contributed by atoms with Gasteiger partial charge in [0.1, 0.15) is 5.60 Å². The van der Waals surface area contributed by atoms with Gasteiger partial charge in [-0.25, -0.2) is 0 Å². The molecule has 0 N–H and O–H groups in total. The first-order chi connectivity index (χ1) is 9.10. The van der Waals surface area contributed by atoms with Crippen LogP contribution in [0.4, 0.5) is 0 Å². The molecule has 3 nitrogen and oxygen atoms in total. The second-order valence-corrected chi connectivity index (χ2v) is 5.12. The molecule has 0 radical (unpaired) electrons. The van der Waals surface area contributed by atoms with Crippen LogP contribution in [0.2, 0.25) is 0 Å². The van der Waals surface area contributed by atoms with E-state index in [0.717, 1.165) is 16.7 Å². The highest BCUT2D eigenvalue weighted by Crippen LogP contribution is 2.31. The summed E-state index contributed by atoms with van der Waals surface area (Å²) in [5.74, 6) is 0.110. The van der Waals surface area contributed by atoms with Crippen LogP contribution in [0.1, 0.15) is 41.3 Å². The number of ether oxygens (including phenoxy) is 2. The molecule has 2 rings (SSSR count). The van der Waals surface area contributed by atoms with Gasteiger partial charge in [-0.05, 0) is 31.9 Å². The van der Waals surface area contributed by atoms with Crippen molar-refractivity contribution >= 4 is 5.78 Å². The van der Waals surface area contributed by atoms with E-state index in [0.29, 0.717) is 32.7 Å². The van der Waals surface area contributed by atoms with Gasteiger partial charge in [-0.1, -0.05) is 18.2 Å². The van der Waals surface area contributed by atoms with Crippen molar-refractivity contribution in [3.05, 3.63) is 34.9 Å². The Morgan fingerprint density at radius 2 is 2.00 bits per heavy atom. The van der Waals surface area contributed by atoms with Crippen LogP contribution in [-0.2, 0) is 9.47 Å². The second kappa shape index (κ2) is 5.85. The number of carbonyl (C=O) groups is 1. The van der Waals surface area contributed by atoms with E-state index in [-0.39, 0.29) is 5.78 Å². The maximum Gasteiger partial charge on any atom is 0.195 e. The van der Waals surface area contributed by atoms with Crippen molar-refractivity contribution in [2.45, 2.75) is 39.2 Å². The topological polar surface area (TPSA) is 35.5 Å². The predicted octanol–water partition coefficient (Wildman–Crippen LogP) is 3.07. The average Bonchev–Trinajstić information content (AvgIpc) is 2.42. The lowest BCUT2D eigenvalue weighted by molar-refractivity contribution is -0.0822. The molecule has 1 saturated heterocycles. The summed E-state index contributed by atoms with van der Waals surface area (Å²) in [6, 6.07) is 5.87. The fourth-order valence-electron chi connectivity index (χ4n) is 2.66. The summed E-state index contributed by atoms with van der Waals surface area (Å²) >= 11 is 0. The quantitative estimate of drug-likeness (QED) is 0.782. The number of aryl methyl sites for hydroxylation is 1. The van der Waals surface area contributed by atoms with Crippen molar-refractivity contribution in [2.75, 3.05) is 19.8 Å². The van der Waals surface area contributed by atoms with Crippen LogP contribution in [0.3, 0.4) is 0 Å². The molecule has 0 bridgehead atoms. The van der Waals surface area contributed by atoms with Gasteiger partial charge >= 0.3 is 0 Å². The lowest BCUT2D eigenvalue weighted by atomic mass is 9.83. The van der Waals surface area contributed by atoms with E-state index in [1.807, 2.05) is 39.0 Å². The average molecular weight is 262 g/mol. The summed E-state index contributed by atoms with van der Waals surface area (Å²) in [5, 5.41) is 0. The molecule has 1 aliphatic rings. The van der Waals surface area contributed by atoms with Crippen LogP contribution in [0.25, 0.3) is 0 Å². The van der Waals surface area contributed by atoms with Crippen LogP contribution in [0.5, 0.6) is 0 Å². The number of ketones is 1. The molecular weight excluding hydrogens is 240 g/mol. The molecule has 0 unspecified atom stereocenters. The van der Waals surface area contributed by atoms with E-state index in [1.54, 1.807) is 0 Å². The summed E-state index contributed by atoms with van der Waals surface area (Å²) in [4.78, 5) is 12.9. The van der Waals surface area contributed by atoms with Crippen molar-refractivity contribution in [3.8, 4) is 0 Å². The van der Waals surface area contributed by atoms with E-state index in [4.69, 9.17) is 9.47 Å². The summed E-state index contributed by atoms with van der Waals surface area (Å²) in [7, 11) is 0. The number of rotatable bonds is 4. The highest BCUT2D eigenvalue weighted by Gasteiger charge is 2.41. The minimum atomic E-state index is -0.689. The third-order valence-corrected chi connectivity index (χ3v) is 3.98. The number of hydrogen-bond acceptors (Lipinski definition) is 3. The first-order valence-electron chi connectivity index (χ1n) is 6.93. The molecule has 3 heteroatoms. The Hall–Kier alpha value is -1.19. The molecule has 0 saturated carbocycles. The van der Waals surface area contributed by atoms with E-state index in [9.17, 15) is 4.79 Å². The molecule has 0 atom stereocenters. The summed E-state index contributed by atoms with van der Waals surface area (Å²) < 4.78 is 11.2. The zero-order valence-corrected chi connectivity index (χ0v) is 12.0. The van der Waals surface area contributed by atoms with Crippen molar-refractivity contribution in [1.82, 2.24) is 0 Å². The van der Waals surface area contributed by atoms with Crippen LogP contribution in [0.15, 0.2) is 18.2 Å². The Balaban J connectivity index is 2.36. The monoisotopic (exact) mass is 262 g/mol. The number of hydrogen-bond donors (Lipinski definition) is 0. The maximum atomic E-state index is 12.9. The van der Waals surface area contributed by atoms with E-state index < -0.39 is 5.60 Å². The summed E-state index contributed by atoms with van der Waals surface area (Å²) in [5.41, 5.74) is 2.30. The third kappa shape index (κ3) is 2.72. The van der Waals surface area contributed by atoms with Crippen LogP contribution in [-0.4, -0.2) is 31.2 Å². The van der Waals surface area contributed by atoms with Crippen LogP contribution < -0.4 is 0 Å². The first-order valence-corrected chi connectivity index (χ1v) is 6.93. The van der Waals surface area contributed by atoms with Crippen molar-refractivity contribution < 1.29 is 14.3 Å². The van der Waals surface area contributed by atoms with Crippen LogP contribution in [0, 0.1) is 13.8 Å². The normalized spacial score (nSPS) is 18.3. The SMILES string of the molecule is CCOC1(C(=O)c2cccc(C)c2C)CCOCC1. The summed E-state index contributed by atoms with van der Waals surface area (Å²) in [6.07, 6.45) is 1.29. The van der Waals surface area contributed by atoms with Crippen molar-refractivity contribution in [2.24, 2.45) is 0 Å². The van der Waals surface area contributed by atoms with Gasteiger partial charge in [-0.3, -0.25) is 4.79 Å². The molecule has 104 valence electrons. The predicted molar refractivity (Wildman–Crippen MR) is 74.7 cm³/mol. The number of Topliss-reactive ketones (excluding diaryl/α,β-unsaturated/α-hetero) is 1. The van der Waals surface area contributed by atoms with Gasteiger partial charge in [0.15, 0.2) is 5.78 Å². The Morgan fingerprint density at radius 1 is 1.32 bits per heavy atom. The number of carbonyl (C=O) groups excluding carboxylic acids is 1. The van der Waals surface area contributed by atoms with E-state index in [2.05, 4.69) is 0 Å². The fourth-order valence-corrected chi connectivity index (χ4v) is 2.66. The molecule has 19 heavy (non-hydrogen) atoms. The maximum absolute atomic E-state index is 12.9. The molecule has 1 heterocycles. The van der Waals surface area contributed by atoms with Crippen molar-refractivity contribution in [1.29, 1.82) is 0 Å². The van der Waals surface area contributed by atoms with Gasteiger partial charge in [0.2, 0.25) is 0 Å². The van der Waals surface area contributed by atoms with Gasteiger partial charge < -0.3 is 9.47 Å².